The monoisotopic (exact) mass is 447 g/mol. The molecular formula is C29H25N3O2. The summed E-state index contributed by atoms with van der Waals surface area (Å²) in [5.41, 5.74) is 5.36. The van der Waals surface area contributed by atoms with Gasteiger partial charge in [0.25, 0.3) is 0 Å². The fourth-order valence-electron chi connectivity index (χ4n) is 4.01. The number of aromatic nitrogens is 1. The van der Waals surface area contributed by atoms with Crippen LogP contribution in [0.4, 0.5) is 5.82 Å². The third-order valence-electron chi connectivity index (χ3n) is 5.69. The lowest BCUT2D eigenvalue weighted by Crippen LogP contribution is -2.01. The van der Waals surface area contributed by atoms with Crippen LogP contribution in [-0.4, -0.2) is 21.9 Å². The zero-order valence-electron chi connectivity index (χ0n) is 19.0. The summed E-state index contributed by atoms with van der Waals surface area (Å²) in [7, 11) is 0. The Morgan fingerprint density at radius 1 is 0.971 bits per heavy atom. The second-order valence-corrected chi connectivity index (χ2v) is 7.96. The normalized spacial score (nSPS) is 10.9. The van der Waals surface area contributed by atoms with E-state index in [2.05, 4.69) is 29.7 Å². The fraction of sp³-hybridized carbons (Fsp3) is 0.138. The number of unbranched alkanes of at least 4 members (excludes halogenated alkanes) is 1. The van der Waals surface area contributed by atoms with Gasteiger partial charge in [0.2, 0.25) is 0 Å². The molecule has 1 N–H and O–H groups in total. The van der Waals surface area contributed by atoms with Gasteiger partial charge in [-0.1, -0.05) is 86.1 Å². The molecular weight excluding hydrogens is 422 g/mol. The third kappa shape index (κ3) is 4.67. The standard InChI is InChI=1S/C29H25N3O2/c1-2-3-18-32-27(23-12-8-5-9-13-23)26(22-10-6-4-7-11-22)25(19-30)28(32)31-20-21-14-16-24(17-15-21)29(33)34/h4-17,20H,2-3,18H2,1H3,(H,33,34). The molecule has 34 heavy (non-hydrogen) atoms. The maximum atomic E-state index is 11.2. The first-order valence-electron chi connectivity index (χ1n) is 11.3. The molecule has 0 aliphatic carbocycles. The molecule has 0 spiro atoms. The summed E-state index contributed by atoms with van der Waals surface area (Å²) < 4.78 is 2.14. The Bertz CT molecular complexity index is 1350. The summed E-state index contributed by atoms with van der Waals surface area (Å²) in [5.74, 6) is -0.361. The number of aromatic carboxylic acids is 1. The van der Waals surface area contributed by atoms with E-state index in [-0.39, 0.29) is 5.56 Å². The van der Waals surface area contributed by atoms with Crippen LogP contribution in [-0.2, 0) is 6.54 Å². The predicted molar refractivity (Wildman–Crippen MR) is 136 cm³/mol. The maximum Gasteiger partial charge on any atom is 0.335 e. The van der Waals surface area contributed by atoms with E-state index in [1.54, 1.807) is 30.5 Å². The van der Waals surface area contributed by atoms with Gasteiger partial charge in [0, 0.05) is 18.3 Å². The zero-order chi connectivity index (χ0) is 23.9. The Morgan fingerprint density at radius 2 is 1.59 bits per heavy atom. The van der Waals surface area contributed by atoms with Crippen LogP contribution in [0.25, 0.3) is 22.4 Å². The van der Waals surface area contributed by atoms with Crippen LogP contribution in [0.3, 0.4) is 0 Å². The van der Waals surface area contributed by atoms with Crippen molar-refractivity contribution in [2.45, 2.75) is 26.3 Å². The van der Waals surface area contributed by atoms with Crippen LogP contribution < -0.4 is 0 Å². The van der Waals surface area contributed by atoms with E-state index in [0.29, 0.717) is 11.4 Å². The molecule has 0 radical (unpaired) electrons. The first-order valence-corrected chi connectivity index (χ1v) is 11.3. The molecule has 4 aromatic rings. The molecule has 0 saturated heterocycles. The highest BCUT2D eigenvalue weighted by Crippen LogP contribution is 2.42. The molecule has 0 saturated carbocycles. The summed E-state index contributed by atoms with van der Waals surface area (Å²) >= 11 is 0. The molecule has 1 heterocycles. The van der Waals surface area contributed by atoms with Crippen LogP contribution in [0, 0.1) is 11.3 Å². The number of benzene rings is 3. The van der Waals surface area contributed by atoms with Crippen molar-refractivity contribution >= 4 is 18.0 Å². The number of hydrogen-bond acceptors (Lipinski definition) is 3. The molecule has 3 aromatic carbocycles. The molecule has 5 heteroatoms. The number of hydrogen-bond donors (Lipinski definition) is 1. The lowest BCUT2D eigenvalue weighted by atomic mass is 9.98. The van der Waals surface area contributed by atoms with E-state index in [9.17, 15) is 10.1 Å². The Morgan fingerprint density at radius 3 is 2.15 bits per heavy atom. The second-order valence-electron chi connectivity index (χ2n) is 7.96. The molecule has 0 amide bonds. The summed E-state index contributed by atoms with van der Waals surface area (Å²) in [6, 6.07) is 29.0. The Hall–Kier alpha value is -4.43. The van der Waals surface area contributed by atoms with Crippen molar-refractivity contribution in [1.29, 1.82) is 5.26 Å². The van der Waals surface area contributed by atoms with E-state index in [1.165, 1.54) is 0 Å². The van der Waals surface area contributed by atoms with Gasteiger partial charge < -0.3 is 9.67 Å². The molecule has 5 nitrogen and oxygen atoms in total. The van der Waals surface area contributed by atoms with E-state index >= 15 is 0 Å². The quantitative estimate of drug-likeness (QED) is 0.297. The van der Waals surface area contributed by atoms with Crippen LogP contribution in [0.5, 0.6) is 0 Å². The van der Waals surface area contributed by atoms with Crippen molar-refractivity contribution in [3.05, 3.63) is 102 Å². The lowest BCUT2D eigenvalue weighted by molar-refractivity contribution is 0.0697. The third-order valence-corrected chi connectivity index (χ3v) is 5.69. The zero-order valence-corrected chi connectivity index (χ0v) is 19.0. The Kier molecular flexibility index (Phi) is 7.00. The van der Waals surface area contributed by atoms with Gasteiger partial charge in [-0.2, -0.15) is 5.26 Å². The average molecular weight is 448 g/mol. The van der Waals surface area contributed by atoms with Gasteiger partial charge in [0.05, 0.1) is 11.3 Å². The second kappa shape index (κ2) is 10.5. The van der Waals surface area contributed by atoms with Crippen molar-refractivity contribution in [2.24, 2.45) is 4.99 Å². The highest BCUT2D eigenvalue weighted by Gasteiger charge is 2.24. The highest BCUT2D eigenvalue weighted by molar-refractivity contribution is 5.93. The first-order chi connectivity index (χ1) is 16.6. The maximum absolute atomic E-state index is 11.2. The van der Waals surface area contributed by atoms with Crippen molar-refractivity contribution in [3.8, 4) is 28.5 Å². The largest absolute Gasteiger partial charge is 0.478 e. The van der Waals surface area contributed by atoms with Gasteiger partial charge in [-0.3, -0.25) is 0 Å². The Balaban J connectivity index is 1.94. The molecule has 0 unspecified atom stereocenters. The van der Waals surface area contributed by atoms with Crippen molar-refractivity contribution in [2.75, 3.05) is 0 Å². The van der Waals surface area contributed by atoms with Gasteiger partial charge in [-0.15, -0.1) is 0 Å². The van der Waals surface area contributed by atoms with Crippen molar-refractivity contribution < 1.29 is 9.90 Å². The Labute approximate surface area is 199 Å². The number of carboxylic acid groups (broad SMARTS) is 1. The molecule has 1 aromatic heterocycles. The molecule has 0 atom stereocenters. The average Bonchev–Trinajstić information content (AvgIpc) is 3.20. The fourth-order valence-corrected chi connectivity index (χ4v) is 4.01. The van der Waals surface area contributed by atoms with Crippen molar-refractivity contribution in [3.63, 3.8) is 0 Å². The van der Waals surface area contributed by atoms with E-state index < -0.39 is 5.97 Å². The van der Waals surface area contributed by atoms with Crippen LogP contribution in [0.1, 0.15) is 41.3 Å². The van der Waals surface area contributed by atoms with Crippen LogP contribution in [0.15, 0.2) is 89.9 Å². The summed E-state index contributed by atoms with van der Waals surface area (Å²) in [6.07, 6.45) is 3.64. The summed E-state index contributed by atoms with van der Waals surface area (Å²) in [6.45, 7) is 2.87. The summed E-state index contributed by atoms with van der Waals surface area (Å²) in [4.78, 5) is 15.9. The van der Waals surface area contributed by atoms with E-state index in [0.717, 1.165) is 47.3 Å². The smallest absolute Gasteiger partial charge is 0.335 e. The van der Waals surface area contributed by atoms with Gasteiger partial charge >= 0.3 is 5.97 Å². The van der Waals surface area contributed by atoms with Gasteiger partial charge in [0.15, 0.2) is 5.82 Å². The number of rotatable bonds is 8. The number of nitrogens with zero attached hydrogens (tertiary/aromatic N) is 3. The number of nitriles is 1. The lowest BCUT2D eigenvalue weighted by Gasteiger charge is -2.13. The highest BCUT2D eigenvalue weighted by atomic mass is 16.4. The van der Waals surface area contributed by atoms with Gasteiger partial charge in [-0.05, 0) is 35.2 Å². The first kappa shape index (κ1) is 22.8. The number of aliphatic imine (C=N–C) groups is 1. The molecule has 0 aliphatic heterocycles. The molecule has 0 fully saturated rings. The SMILES string of the molecule is CCCCn1c(N=Cc2ccc(C(=O)O)cc2)c(C#N)c(-c2ccccc2)c1-c1ccccc1. The minimum absolute atomic E-state index is 0.221. The van der Waals surface area contributed by atoms with Gasteiger partial charge in [0.1, 0.15) is 11.6 Å². The van der Waals surface area contributed by atoms with Gasteiger partial charge in [-0.25, -0.2) is 9.79 Å². The molecule has 168 valence electrons. The minimum atomic E-state index is -0.969. The van der Waals surface area contributed by atoms with E-state index in [4.69, 9.17) is 10.1 Å². The van der Waals surface area contributed by atoms with Crippen LogP contribution >= 0.6 is 0 Å². The predicted octanol–water partition coefficient (Wildman–Crippen LogP) is 6.94. The molecule has 0 aliphatic rings. The number of carbonyl (C=O) groups is 1. The van der Waals surface area contributed by atoms with Crippen molar-refractivity contribution in [1.82, 2.24) is 4.57 Å². The molecule has 0 bridgehead atoms. The van der Waals surface area contributed by atoms with Crippen LogP contribution in [0.2, 0.25) is 0 Å². The summed E-state index contributed by atoms with van der Waals surface area (Å²) in [5, 5.41) is 19.4. The topological polar surface area (TPSA) is 78.4 Å². The molecule has 4 rings (SSSR count). The number of carboxylic acids is 1. The minimum Gasteiger partial charge on any atom is -0.478 e. The van der Waals surface area contributed by atoms with E-state index in [1.807, 2.05) is 48.5 Å².